The minimum absolute atomic E-state index is 0.276. The number of anilines is 1. The van der Waals surface area contributed by atoms with Crippen LogP contribution in [0.4, 0.5) is 5.13 Å². The Kier molecular flexibility index (Phi) is 3.88. The monoisotopic (exact) mass is 315 g/mol. The second kappa shape index (κ2) is 5.98. The number of hydrogen-bond acceptors (Lipinski definition) is 6. The smallest absolute Gasteiger partial charge is 0.293 e. The van der Waals surface area contributed by atoms with Crippen molar-refractivity contribution in [2.75, 3.05) is 12.4 Å². The molecule has 1 N–H and O–H groups in total. The number of amides is 1. The molecule has 0 unspecified atom stereocenters. The van der Waals surface area contributed by atoms with Crippen LogP contribution in [0.15, 0.2) is 41.0 Å². The minimum Gasteiger partial charge on any atom is -0.497 e. The predicted octanol–water partition coefficient (Wildman–Crippen LogP) is 3.37. The third-order valence-electron chi connectivity index (χ3n) is 3.04. The van der Waals surface area contributed by atoms with E-state index in [0.717, 1.165) is 28.4 Å². The Morgan fingerprint density at radius 1 is 1.36 bits per heavy atom. The Morgan fingerprint density at radius 3 is 2.95 bits per heavy atom. The first kappa shape index (κ1) is 14.3. The van der Waals surface area contributed by atoms with Gasteiger partial charge in [-0.1, -0.05) is 12.1 Å². The van der Waals surface area contributed by atoms with Crippen molar-refractivity contribution in [1.29, 1.82) is 0 Å². The van der Waals surface area contributed by atoms with E-state index in [9.17, 15) is 4.79 Å². The van der Waals surface area contributed by atoms with Crippen LogP contribution in [0.3, 0.4) is 0 Å². The second-order valence-electron chi connectivity index (χ2n) is 4.54. The molecule has 22 heavy (non-hydrogen) atoms. The van der Waals surface area contributed by atoms with Crippen LogP contribution in [0, 0.1) is 6.92 Å². The van der Waals surface area contributed by atoms with Crippen LogP contribution >= 0.6 is 11.5 Å². The lowest BCUT2D eigenvalue weighted by Gasteiger charge is -2.01. The Morgan fingerprint density at radius 2 is 2.23 bits per heavy atom. The standard InChI is InChI=1S/C15H13N3O3S/c1-9-6-7-21-12(9)14(19)17-15-16-13(18-22-15)10-4-3-5-11(8-10)20-2/h3-8H,1-2H3,(H,16,17,18,19). The molecule has 0 saturated heterocycles. The first-order chi connectivity index (χ1) is 10.7. The number of nitrogens with one attached hydrogen (secondary N) is 1. The first-order valence-corrected chi connectivity index (χ1v) is 7.28. The van der Waals surface area contributed by atoms with Crippen LogP contribution in [0.5, 0.6) is 5.75 Å². The zero-order valence-corrected chi connectivity index (χ0v) is 12.8. The number of rotatable bonds is 4. The van der Waals surface area contributed by atoms with Gasteiger partial charge < -0.3 is 9.15 Å². The summed E-state index contributed by atoms with van der Waals surface area (Å²) in [5.41, 5.74) is 1.60. The fourth-order valence-electron chi connectivity index (χ4n) is 1.91. The van der Waals surface area contributed by atoms with E-state index in [1.165, 1.54) is 6.26 Å². The van der Waals surface area contributed by atoms with E-state index < -0.39 is 0 Å². The van der Waals surface area contributed by atoms with Gasteiger partial charge in [0.1, 0.15) is 5.75 Å². The van der Waals surface area contributed by atoms with Gasteiger partial charge in [-0.25, -0.2) is 0 Å². The number of hydrogen-bond donors (Lipinski definition) is 1. The van der Waals surface area contributed by atoms with Gasteiger partial charge in [0.25, 0.3) is 5.91 Å². The van der Waals surface area contributed by atoms with Gasteiger partial charge in [0, 0.05) is 22.7 Å². The van der Waals surface area contributed by atoms with E-state index in [0.29, 0.717) is 11.0 Å². The number of carbonyl (C=O) groups excluding carboxylic acids is 1. The SMILES string of the molecule is COc1cccc(-c2nsc(NC(=O)c3occc3C)n2)c1. The predicted molar refractivity (Wildman–Crippen MR) is 83.3 cm³/mol. The molecule has 7 heteroatoms. The highest BCUT2D eigenvalue weighted by Gasteiger charge is 2.15. The van der Waals surface area contributed by atoms with Crippen molar-refractivity contribution in [3.8, 4) is 17.1 Å². The molecule has 2 heterocycles. The van der Waals surface area contributed by atoms with Crippen molar-refractivity contribution < 1.29 is 13.9 Å². The Hall–Kier alpha value is -2.67. The highest BCUT2D eigenvalue weighted by Crippen LogP contribution is 2.25. The fourth-order valence-corrected chi connectivity index (χ4v) is 2.50. The number of aryl methyl sites for hydroxylation is 1. The van der Waals surface area contributed by atoms with Gasteiger partial charge in [0.2, 0.25) is 5.13 Å². The zero-order valence-electron chi connectivity index (χ0n) is 12.0. The summed E-state index contributed by atoms with van der Waals surface area (Å²) in [6, 6.07) is 9.16. The Labute approximate surface area is 130 Å². The third kappa shape index (κ3) is 2.84. The van der Waals surface area contributed by atoms with Crippen LogP contribution in [0.2, 0.25) is 0 Å². The number of methoxy groups -OCH3 is 1. The summed E-state index contributed by atoms with van der Waals surface area (Å²) < 4.78 is 14.6. The molecular weight excluding hydrogens is 302 g/mol. The molecule has 0 radical (unpaired) electrons. The van der Waals surface area contributed by atoms with Crippen molar-refractivity contribution in [2.45, 2.75) is 6.92 Å². The van der Waals surface area contributed by atoms with E-state index in [1.54, 1.807) is 20.1 Å². The van der Waals surface area contributed by atoms with E-state index in [1.807, 2.05) is 24.3 Å². The van der Waals surface area contributed by atoms with Crippen molar-refractivity contribution in [3.05, 3.63) is 47.9 Å². The maximum atomic E-state index is 12.1. The summed E-state index contributed by atoms with van der Waals surface area (Å²) in [5.74, 6) is 1.20. The summed E-state index contributed by atoms with van der Waals surface area (Å²) in [4.78, 5) is 16.4. The fraction of sp³-hybridized carbons (Fsp3) is 0.133. The Balaban J connectivity index is 1.79. The van der Waals surface area contributed by atoms with Crippen LogP contribution in [0.25, 0.3) is 11.4 Å². The molecular formula is C15H13N3O3S. The van der Waals surface area contributed by atoms with E-state index in [4.69, 9.17) is 9.15 Å². The van der Waals surface area contributed by atoms with Gasteiger partial charge in [-0.15, -0.1) is 0 Å². The number of nitrogens with zero attached hydrogens (tertiary/aromatic N) is 2. The van der Waals surface area contributed by atoms with Crippen molar-refractivity contribution in [1.82, 2.24) is 9.36 Å². The number of aromatic nitrogens is 2. The molecule has 0 aliphatic carbocycles. The third-order valence-corrected chi connectivity index (χ3v) is 3.67. The number of ether oxygens (including phenoxy) is 1. The van der Waals surface area contributed by atoms with Gasteiger partial charge in [-0.3, -0.25) is 10.1 Å². The summed E-state index contributed by atoms with van der Waals surface area (Å²) in [6.07, 6.45) is 1.48. The molecule has 0 aliphatic rings. The number of benzene rings is 1. The summed E-state index contributed by atoms with van der Waals surface area (Å²) in [7, 11) is 1.60. The van der Waals surface area contributed by atoms with Crippen LogP contribution in [-0.2, 0) is 0 Å². The molecule has 3 aromatic rings. The van der Waals surface area contributed by atoms with Gasteiger partial charge in [-0.05, 0) is 25.1 Å². The summed E-state index contributed by atoms with van der Waals surface area (Å²) >= 11 is 1.11. The summed E-state index contributed by atoms with van der Waals surface area (Å²) in [5, 5.41) is 3.10. The molecule has 0 aliphatic heterocycles. The first-order valence-electron chi connectivity index (χ1n) is 6.51. The van der Waals surface area contributed by atoms with E-state index in [-0.39, 0.29) is 11.7 Å². The molecule has 1 aromatic carbocycles. The van der Waals surface area contributed by atoms with Crippen LogP contribution < -0.4 is 10.1 Å². The molecule has 0 fully saturated rings. The number of furan rings is 1. The lowest BCUT2D eigenvalue weighted by molar-refractivity contribution is 0.0996. The zero-order chi connectivity index (χ0) is 15.5. The van der Waals surface area contributed by atoms with Gasteiger partial charge in [0.15, 0.2) is 11.6 Å². The lowest BCUT2D eigenvalue weighted by Crippen LogP contribution is -2.11. The summed E-state index contributed by atoms with van der Waals surface area (Å²) in [6.45, 7) is 1.81. The average Bonchev–Trinajstić information content (AvgIpc) is 3.16. The maximum Gasteiger partial charge on any atom is 0.293 e. The molecule has 0 bridgehead atoms. The molecule has 2 aromatic heterocycles. The van der Waals surface area contributed by atoms with Crippen molar-refractivity contribution in [2.24, 2.45) is 0 Å². The van der Waals surface area contributed by atoms with Crippen LogP contribution in [0.1, 0.15) is 16.1 Å². The average molecular weight is 315 g/mol. The molecule has 1 amide bonds. The molecule has 3 rings (SSSR count). The highest BCUT2D eigenvalue weighted by molar-refractivity contribution is 7.10. The molecule has 0 spiro atoms. The van der Waals surface area contributed by atoms with Crippen molar-refractivity contribution >= 4 is 22.6 Å². The normalized spacial score (nSPS) is 10.5. The molecule has 112 valence electrons. The van der Waals surface area contributed by atoms with Gasteiger partial charge >= 0.3 is 0 Å². The van der Waals surface area contributed by atoms with Gasteiger partial charge in [0.05, 0.1) is 13.4 Å². The largest absolute Gasteiger partial charge is 0.497 e. The maximum absolute atomic E-state index is 12.1. The second-order valence-corrected chi connectivity index (χ2v) is 5.29. The topological polar surface area (TPSA) is 77.2 Å². The van der Waals surface area contributed by atoms with E-state index >= 15 is 0 Å². The molecule has 6 nitrogen and oxygen atoms in total. The van der Waals surface area contributed by atoms with E-state index in [2.05, 4.69) is 14.7 Å². The van der Waals surface area contributed by atoms with Crippen LogP contribution in [-0.4, -0.2) is 22.4 Å². The Bertz CT molecular complexity index is 810. The highest BCUT2D eigenvalue weighted by atomic mass is 32.1. The quantitative estimate of drug-likeness (QED) is 0.798. The molecule has 0 saturated carbocycles. The lowest BCUT2D eigenvalue weighted by atomic mass is 10.2. The molecule has 0 atom stereocenters. The number of carbonyl (C=O) groups is 1. The van der Waals surface area contributed by atoms with Gasteiger partial charge in [-0.2, -0.15) is 9.36 Å². The van der Waals surface area contributed by atoms with Crippen molar-refractivity contribution in [3.63, 3.8) is 0 Å². The minimum atomic E-state index is -0.337.